The maximum atomic E-state index is 12.7. The zero-order valence-electron chi connectivity index (χ0n) is 14.8. The van der Waals surface area contributed by atoms with Gasteiger partial charge in [-0.15, -0.1) is 0 Å². The van der Waals surface area contributed by atoms with E-state index in [1.54, 1.807) is 12.1 Å². The van der Waals surface area contributed by atoms with E-state index in [9.17, 15) is 18.0 Å². The number of carbonyl (C=O) groups is 2. The van der Waals surface area contributed by atoms with Crippen LogP contribution in [0, 0.1) is 0 Å². The average Bonchev–Trinajstić information content (AvgIpc) is 2.61. The molecule has 0 bridgehead atoms. The molecule has 3 N–H and O–H groups in total. The van der Waals surface area contributed by atoms with Gasteiger partial charge in [0.2, 0.25) is 15.9 Å². The Kier molecular flexibility index (Phi) is 6.43. The van der Waals surface area contributed by atoms with E-state index in [4.69, 9.17) is 10.5 Å². The van der Waals surface area contributed by atoms with Crippen molar-refractivity contribution in [3.63, 3.8) is 0 Å². The van der Waals surface area contributed by atoms with E-state index in [2.05, 4.69) is 5.32 Å². The number of piperazine rings is 1. The van der Waals surface area contributed by atoms with E-state index in [-0.39, 0.29) is 37.0 Å². The fraction of sp³-hybridized carbons (Fsp3) is 0.500. The molecule has 0 saturated carbocycles. The zero-order chi connectivity index (χ0) is 19.3. The molecule has 26 heavy (non-hydrogen) atoms. The van der Waals surface area contributed by atoms with Crippen molar-refractivity contribution in [2.24, 2.45) is 5.73 Å². The summed E-state index contributed by atoms with van der Waals surface area (Å²) in [5.41, 5.74) is 5.02. The fourth-order valence-electron chi connectivity index (χ4n) is 2.72. The second-order valence-electron chi connectivity index (χ2n) is 5.86. The van der Waals surface area contributed by atoms with Gasteiger partial charge in [0.05, 0.1) is 11.5 Å². The first-order chi connectivity index (χ1) is 12.3. The Morgan fingerprint density at radius 3 is 2.27 bits per heavy atom. The van der Waals surface area contributed by atoms with Crippen LogP contribution in [0.3, 0.4) is 0 Å². The molecular formula is C16H24N4O5S. The van der Waals surface area contributed by atoms with Crippen molar-refractivity contribution in [1.29, 1.82) is 0 Å². The SMILES string of the molecule is CCOc1ccc(S(=O)(=O)N2CCN(C(=O)[C@@H](C)NC(N)=O)CC2)cc1. The summed E-state index contributed by atoms with van der Waals surface area (Å²) < 4.78 is 32.1. The summed E-state index contributed by atoms with van der Waals surface area (Å²) in [5, 5.41) is 2.33. The van der Waals surface area contributed by atoms with Gasteiger partial charge in [0.25, 0.3) is 0 Å². The number of nitrogens with two attached hydrogens (primary N) is 1. The lowest BCUT2D eigenvalue weighted by Crippen LogP contribution is -2.55. The Hall–Kier alpha value is -2.33. The Morgan fingerprint density at radius 2 is 1.77 bits per heavy atom. The van der Waals surface area contributed by atoms with Crippen molar-refractivity contribution < 1.29 is 22.7 Å². The molecule has 1 fully saturated rings. The second kappa shape index (κ2) is 8.37. The predicted molar refractivity (Wildman–Crippen MR) is 95.1 cm³/mol. The third-order valence-corrected chi connectivity index (χ3v) is 5.96. The van der Waals surface area contributed by atoms with E-state index >= 15 is 0 Å². The van der Waals surface area contributed by atoms with Crippen molar-refractivity contribution in [2.45, 2.75) is 24.8 Å². The van der Waals surface area contributed by atoms with Crippen LogP contribution in [0.25, 0.3) is 0 Å². The summed E-state index contributed by atoms with van der Waals surface area (Å²) in [6, 6.07) is 4.73. The number of primary amides is 1. The molecule has 0 spiro atoms. The first-order valence-corrected chi connectivity index (χ1v) is 9.77. The molecule has 9 nitrogen and oxygen atoms in total. The van der Waals surface area contributed by atoms with E-state index in [0.717, 1.165) is 0 Å². The largest absolute Gasteiger partial charge is 0.494 e. The first-order valence-electron chi connectivity index (χ1n) is 8.33. The Bertz CT molecular complexity index is 742. The third-order valence-electron chi connectivity index (χ3n) is 4.05. The predicted octanol–water partition coefficient (Wildman–Crippen LogP) is -0.0250. The van der Waals surface area contributed by atoms with Gasteiger partial charge in [-0.1, -0.05) is 0 Å². The molecule has 0 aromatic heterocycles. The van der Waals surface area contributed by atoms with Crippen LogP contribution in [0.1, 0.15) is 13.8 Å². The molecular weight excluding hydrogens is 360 g/mol. The van der Waals surface area contributed by atoms with Gasteiger partial charge in [-0.25, -0.2) is 13.2 Å². The Morgan fingerprint density at radius 1 is 1.19 bits per heavy atom. The van der Waals surface area contributed by atoms with Crippen molar-refractivity contribution in [3.05, 3.63) is 24.3 Å². The molecule has 2 rings (SSSR count). The minimum absolute atomic E-state index is 0.185. The van der Waals surface area contributed by atoms with Crippen molar-refractivity contribution >= 4 is 22.0 Å². The summed E-state index contributed by atoms with van der Waals surface area (Å²) in [7, 11) is -3.63. The lowest BCUT2D eigenvalue weighted by atomic mass is 10.2. The normalized spacial score (nSPS) is 16.8. The minimum Gasteiger partial charge on any atom is -0.494 e. The van der Waals surface area contributed by atoms with Crippen LogP contribution in [-0.4, -0.2) is 68.4 Å². The van der Waals surface area contributed by atoms with E-state index in [0.29, 0.717) is 12.4 Å². The number of amides is 3. The van der Waals surface area contributed by atoms with Gasteiger partial charge in [-0.2, -0.15) is 4.31 Å². The Labute approximate surface area is 153 Å². The molecule has 0 unspecified atom stereocenters. The molecule has 3 amide bonds. The molecule has 1 atom stereocenters. The highest BCUT2D eigenvalue weighted by molar-refractivity contribution is 7.89. The molecule has 1 aromatic carbocycles. The topological polar surface area (TPSA) is 122 Å². The van der Waals surface area contributed by atoms with Gasteiger partial charge in [0.15, 0.2) is 0 Å². The minimum atomic E-state index is -3.63. The summed E-state index contributed by atoms with van der Waals surface area (Å²) in [6.45, 7) is 4.77. The first kappa shape index (κ1) is 20.0. The molecule has 1 aliphatic heterocycles. The maximum absolute atomic E-state index is 12.7. The number of nitrogens with one attached hydrogen (secondary N) is 1. The highest BCUT2D eigenvalue weighted by Crippen LogP contribution is 2.21. The number of hydrogen-bond acceptors (Lipinski definition) is 5. The molecule has 0 aliphatic carbocycles. The lowest BCUT2D eigenvalue weighted by molar-refractivity contribution is -0.133. The van der Waals surface area contributed by atoms with Crippen LogP contribution < -0.4 is 15.8 Å². The fourth-order valence-corrected chi connectivity index (χ4v) is 4.14. The van der Waals surface area contributed by atoms with Gasteiger partial charge < -0.3 is 20.7 Å². The van der Waals surface area contributed by atoms with Gasteiger partial charge >= 0.3 is 6.03 Å². The van der Waals surface area contributed by atoms with Crippen LogP contribution >= 0.6 is 0 Å². The van der Waals surface area contributed by atoms with Crippen LogP contribution in [0.4, 0.5) is 4.79 Å². The number of urea groups is 1. The molecule has 1 saturated heterocycles. The van der Waals surface area contributed by atoms with E-state index < -0.39 is 22.1 Å². The van der Waals surface area contributed by atoms with Crippen LogP contribution in [0.15, 0.2) is 29.2 Å². The molecule has 1 heterocycles. The summed E-state index contributed by atoms with van der Waals surface area (Å²) in [4.78, 5) is 24.8. The third kappa shape index (κ3) is 4.64. The summed E-state index contributed by atoms with van der Waals surface area (Å²) in [5.74, 6) is 0.319. The van der Waals surface area contributed by atoms with Crippen molar-refractivity contribution in [3.8, 4) is 5.75 Å². The van der Waals surface area contributed by atoms with Gasteiger partial charge in [0.1, 0.15) is 11.8 Å². The average molecular weight is 384 g/mol. The number of sulfonamides is 1. The van der Waals surface area contributed by atoms with Crippen LogP contribution in [0.2, 0.25) is 0 Å². The van der Waals surface area contributed by atoms with Gasteiger partial charge in [-0.3, -0.25) is 4.79 Å². The quantitative estimate of drug-likeness (QED) is 0.713. The summed E-state index contributed by atoms with van der Waals surface area (Å²) in [6.07, 6.45) is 0. The summed E-state index contributed by atoms with van der Waals surface area (Å²) >= 11 is 0. The molecule has 1 aromatic rings. The number of carbonyl (C=O) groups excluding carboxylic acids is 2. The monoisotopic (exact) mass is 384 g/mol. The van der Waals surface area contributed by atoms with Gasteiger partial charge in [0, 0.05) is 26.2 Å². The zero-order valence-corrected chi connectivity index (χ0v) is 15.7. The number of rotatable bonds is 6. The standard InChI is InChI=1S/C16H24N4O5S/c1-3-25-13-4-6-14(7-5-13)26(23,24)20-10-8-19(9-11-20)15(21)12(2)18-16(17)22/h4-7,12H,3,8-11H2,1-2H3,(H3,17,18,22)/t12-/m1/s1. The number of hydrogen-bond donors (Lipinski definition) is 2. The smallest absolute Gasteiger partial charge is 0.312 e. The highest BCUT2D eigenvalue weighted by Gasteiger charge is 2.31. The van der Waals surface area contributed by atoms with Crippen LogP contribution in [0.5, 0.6) is 5.75 Å². The van der Waals surface area contributed by atoms with Crippen molar-refractivity contribution in [2.75, 3.05) is 32.8 Å². The molecule has 144 valence electrons. The Balaban J connectivity index is 1.99. The van der Waals surface area contributed by atoms with Gasteiger partial charge in [-0.05, 0) is 38.1 Å². The number of benzene rings is 1. The second-order valence-corrected chi connectivity index (χ2v) is 7.80. The van der Waals surface area contributed by atoms with E-state index in [1.807, 2.05) is 6.92 Å². The van der Waals surface area contributed by atoms with Crippen molar-refractivity contribution in [1.82, 2.24) is 14.5 Å². The van der Waals surface area contributed by atoms with E-state index in [1.165, 1.54) is 28.3 Å². The number of ether oxygens (including phenoxy) is 1. The highest BCUT2D eigenvalue weighted by atomic mass is 32.2. The molecule has 1 aliphatic rings. The molecule has 0 radical (unpaired) electrons. The van der Waals surface area contributed by atoms with Crippen LogP contribution in [-0.2, 0) is 14.8 Å². The maximum Gasteiger partial charge on any atom is 0.312 e. The number of nitrogens with zero attached hydrogens (tertiary/aromatic N) is 2. The molecule has 10 heteroatoms. The lowest BCUT2D eigenvalue weighted by Gasteiger charge is -2.35.